The van der Waals surface area contributed by atoms with E-state index < -0.39 is 5.97 Å². The van der Waals surface area contributed by atoms with Crippen molar-refractivity contribution >= 4 is 11.9 Å². The van der Waals surface area contributed by atoms with E-state index in [4.69, 9.17) is 5.11 Å². The first-order valence-electron chi connectivity index (χ1n) is 6.31. The molecule has 0 saturated heterocycles. The number of nitrogens with zero attached hydrogens (tertiary/aromatic N) is 2. The zero-order valence-electron chi connectivity index (χ0n) is 11.1. The number of halogens is 1. The molecule has 0 spiro atoms. The molecule has 1 amide bonds. The Morgan fingerprint density at radius 3 is 2.86 bits per heavy atom. The van der Waals surface area contributed by atoms with Crippen LogP contribution in [0.25, 0.3) is 0 Å². The average molecular weight is 291 g/mol. The maximum Gasteiger partial charge on any atom is 0.356 e. The third-order valence-electron chi connectivity index (χ3n) is 2.80. The molecule has 0 aliphatic rings. The molecule has 1 heterocycles. The summed E-state index contributed by atoms with van der Waals surface area (Å²) in [4.78, 5) is 26.0. The molecule has 7 heteroatoms. The maximum atomic E-state index is 13.0. The van der Waals surface area contributed by atoms with E-state index in [1.54, 1.807) is 16.7 Å². The minimum atomic E-state index is -1.09. The van der Waals surface area contributed by atoms with Crippen LogP contribution in [0.2, 0.25) is 0 Å². The highest BCUT2D eigenvalue weighted by Gasteiger charge is 2.07. The summed E-state index contributed by atoms with van der Waals surface area (Å²) in [5.74, 6) is -1.69. The van der Waals surface area contributed by atoms with Crippen LogP contribution in [0.3, 0.4) is 0 Å². The summed E-state index contributed by atoms with van der Waals surface area (Å²) >= 11 is 0. The highest BCUT2D eigenvalue weighted by atomic mass is 19.1. The lowest BCUT2D eigenvalue weighted by Crippen LogP contribution is -2.28. The number of hydrogen-bond donors (Lipinski definition) is 2. The van der Waals surface area contributed by atoms with Gasteiger partial charge in [0.15, 0.2) is 5.69 Å². The monoisotopic (exact) mass is 291 g/mol. The van der Waals surface area contributed by atoms with E-state index in [1.807, 2.05) is 0 Å². The van der Waals surface area contributed by atoms with Crippen LogP contribution in [0, 0.1) is 5.82 Å². The van der Waals surface area contributed by atoms with Crippen LogP contribution in [-0.2, 0) is 17.8 Å². The predicted molar refractivity (Wildman–Crippen MR) is 72.3 cm³/mol. The van der Waals surface area contributed by atoms with E-state index in [2.05, 4.69) is 10.3 Å². The lowest BCUT2D eigenvalue weighted by molar-refractivity contribution is -0.120. The first-order valence-corrected chi connectivity index (χ1v) is 6.31. The van der Waals surface area contributed by atoms with Gasteiger partial charge in [-0.2, -0.15) is 0 Å². The van der Waals surface area contributed by atoms with Gasteiger partial charge in [0, 0.05) is 19.3 Å². The average Bonchev–Trinajstić information content (AvgIpc) is 2.87. The van der Waals surface area contributed by atoms with Gasteiger partial charge >= 0.3 is 5.97 Å². The number of aromatic carboxylic acids is 1. The third kappa shape index (κ3) is 4.41. The zero-order valence-corrected chi connectivity index (χ0v) is 11.1. The first-order chi connectivity index (χ1) is 10.0. The standard InChI is InChI=1S/C14H14FN3O3/c15-11-3-1-2-10(6-11)7-13(19)16-4-5-18-8-12(14(20)21)17-9-18/h1-3,6,8-9H,4-5,7H2,(H,16,19)(H,20,21). The predicted octanol–water partition coefficient (Wildman–Crippen LogP) is 1.08. The van der Waals surface area contributed by atoms with Crippen LogP contribution in [0.1, 0.15) is 16.1 Å². The Morgan fingerprint density at radius 2 is 2.19 bits per heavy atom. The van der Waals surface area contributed by atoms with Crippen molar-refractivity contribution in [1.82, 2.24) is 14.9 Å². The molecule has 0 radical (unpaired) electrons. The fourth-order valence-electron chi connectivity index (χ4n) is 1.81. The fourth-order valence-corrected chi connectivity index (χ4v) is 1.81. The molecule has 0 unspecified atom stereocenters. The van der Waals surface area contributed by atoms with Gasteiger partial charge in [-0.3, -0.25) is 4.79 Å². The molecule has 2 rings (SSSR count). The van der Waals surface area contributed by atoms with Crippen LogP contribution in [-0.4, -0.2) is 33.1 Å². The molecule has 0 bridgehead atoms. The van der Waals surface area contributed by atoms with Crippen LogP contribution >= 0.6 is 0 Å². The number of carboxylic acids is 1. The Morgan fingerprint density at radius 1 is 1.38 bits per heavy atom. The largest absolute Gasteiger partial charge is 0.476 e. The molecule has 6 nitrogen and oxygen atoms in total. The fraction of sp³-hybridized carbons (Fsp3) is 0.214. The highest BCUT2D eigenvalue weighted by Crippen LogP contribution is 2.04. The van der Waals surface area contributed by atoms with Gasteiger partial charge in [-0.15, -0.1) is 0 Å². The van der Waals surface area contributed by atoms with Crippen molar-refractivity contribution in [3.63, 3.8) is 0 Å². The van der Waals surface area contributed by atoms with Crippen LogP contribution in [0.5, 0.6) is 0 Å². The molecule has 0 saturated carbocycles. The second kappa shape index (κ2) is 6.65. The molecule has 2 N–H and O–H groups in total. The van der Waals surface area contributed by atoms with E-state index in [0.717, 1.165) is 0 Å². The summed E-state index contributed by atoms with van der Waals surface area (Å²) < 4.78 is 14.5. The van der Waals surface area contributed by atoms with Gasteiger partial charge in [-0.05, 0) is 17.7 Å². The van der Waals surface area contributed by atoms with Gasteiger partial charge in [0.05, 0.1) is 12.7 Å². The van der Waals surface area contributed by atoms with E-state index in [-0.39, 0.29) is 23.8 Å². The normalized spacial score (nSPS) is 10.3. The summed E-state index contributed by atoms with van der Waals surface area (Å²) in [6.07, 6.45) is 2.88. The minimum Gasteiger partial charge on any atom is -0.476 e. The zero-order chi connectivity index (χ0) is 15.2. The molecule has 1 aromatic heterocycles. The SMILES string of the molecule is O=C(Cc1cccc(F)c1)NCCn1cnc(C(=O)O)c1. The molecule has 0 aliphatic heterocycles. The van der Waals surface area contributed by atoms with Crippen molar-refractivity contribution in [1.29, 1.82) is 0 Å². The number of hydrogen-bond acceptors (Lipinski definition) is 3. The Balaban J connectivity index is 1.77. The molecular formula is C14H14FN3O3. The number of nitrogens with one attached hydrogen (secondary N) is 1. The molecule has 0 atom stereocenters. The molecule has 0 aliphatic carbocycles. The molecule has 21 heavy (non-hydrogen) atoms. The second-order valence-corrected chi connectivity index (χ2v) is 4.46. The van der Waals surface area contributed by atoms with Gasteiger partial charge in [-0.25, -0.2) is 14.2 Å². The molecule has 0 fully saturated rings. The smallest absolute Gasteiger partial charge is 0.356 e. The number of carbonyl (C=O) groups excluding carboxylic acids is 1. The lowest BCUT2D eigenvalue weighted by Gasteiger charge is -2.06. The summed E-state index contributed by atoms with van der Waals surface area (Å²) in [5, 5.41) is 11.4. The summed E-state index contributed by atoms with van der Waals surface area (Å²) in [6, 6.07) is 5.86. The van der Waals surface area contributed by atoms with Crippen molar-refractivity contribution in [3.05, 3.63) is 53.9 Å². The van der Waals surface area contributed by atoms with Gasteiger partial charge in [0.1, 0.15) is 5.82 Å². The van der Waals surface area contributed by atoms with E-state index in [9.17, 15) is 14.0 Å². The summed E-state index contributed by atoms with van der Waals surface area (Å²) in [5.41, 5.74) is 0.560. The van der Waals surface area contributed by atoms with Gasteiger partial charge in [0.25, 0.3) is 0 Å². The molecular weight excluding hydrogens is 277 g/mol. The number of imidazole rings is 1. The van der Waals surface area contributed by atoms with Gasteiger partial charge in [-0.1, -0.05) is 12.1 Å². The van der Waals surface area contributed by atoms with Crippen molar-refractivity contribution in [2.45, 2.75) is 13.0 Å². The second-order valence-electron chi connectivity index (χ2n) is 4.46. The van der Waals surface area contributed by atoms with Crippen molar-refractivity contribution in [3.8, 4) is 0 Å². The van der Waals surface area contributed by atoms with Crippen molar-refractivity contribution in [2.75, 3.05) is 6.54 Å². The number of carbonyl (C=O) groups is 2. The Bertz CT molecular complexity index is 654. The van der Waals surface area contributed by atoms with Crippen molar-refractivity contribution in [2.24, 2.45) is 0 Å². The lowest BCUT2D eigenvalue weighted by atomic mass is 10.1. The first kappa shape index (κ1) is 14.7. The highest BCUT2D eigenvalue weighted by molar-refractivity contribution is 5.84. The Hall–Kier alpha value is -2.70. The maximum absolute atomic E-state index is 13.0. The molecule has 2 aromatic rings. The van der Waals surface area contributed by atoms with E-state index in [1.165, 1.54) is 24.7 Å². The number of amides is 1. The van der Waals surface area contributed by atoms with Crippen molar-refractivity contribution < 1.29 is 19.1 Å². The third-order valence-corrected chi connectivity index (χ3v) is 2.80. The van der Waals surface area contributed by atoms with E-state index >= 15 is 0 Å². The van der Waals surface area contributed by atoms with Crippen LogP contribution in [0.15, 0.2) is 36.8 Å². The summed E-state index contributed by atoms with van der Waals surface area (Å²) in [6.45, 7) is 0.749. The summed E-state index contributed by atoms with van der Waals surface area (Å²) in [7, 11) is 0. The topological polar surface area (TPSA) is 84.2 Å². The quantitative estimate of drug-likeness (QED) is 0.834. The van der Waals surface area contributed by atoms with E-state index in [0.29, 0.717) is 18.7 Å². The number of rotatable bonds is 6. The number of benzene rings is 1. The molecule has 1 aromatic carbocycles. The van der Waals surface area contributed by atoms with Crippen LogP contribution in [0.4, 0.5) is 4.39 Å². The van der Waals surface area contributed by atoms with Crippen LogP contribution < -0.4 is 5.32 Å². The molecule has 110 valence electrons. The Labute approximate surface area is 120 Å². The number of aromatic nitrogens is 2. The van der Waals surface area contributed by atoms with Gasteiger partial charge < -0.3 is 15.0 Å². The van der Waals surface area contributed by atoms with Gasteiger partial charge in [0.2, 0.25) is 5.91 Å². The minimum absolute atomic E-state index is 0.0407. The Kier molecular flexibility index (Phi) is 4.65. The number of carboxylic acid groups (broad SMARTS) is 1.